The molecule has 5 nitrogen and oxygen atoms in total. The van der Waals surface area contributed by atoms with E-state index in [0.717, 1.165) is 24.7 Å². The summed E-state index contributed by atoms with van der Waals surface area (Å²) in [5, 5.41) is 6.58. The Hall–Kier alpha value is -1.35. The van der Waals surface area contributed by atoms with Gasteiger partial charge in [0.25, 0.3) is 0 Å². The van der Waals surface area contributed by atoms with E-state index in [2.05, 4.69) is 46.6 Å². The van der Waals surface area contributed by atoms with Gasteiger partial charge in [-0.25, -0.2) is 9.98 Å². The molecule has 0 fully saturated rings. The molecular weight excluding hydrogens is 423 g/mol. The number of pyridine rings is 1. The molecule has 0 spiro atoms. The molecule has 0 amide bonds. The highest BCUT2D eigenvalue weighted by atomic mass is 127. The monoisotopic (exact) mass is 446 g/mol. The average molecular weight is 446 g/mol. The Bertz CT molecular complexity index is 630. The number of aliphatic imine (C=N–C) groups is 1. The second-order valence-corrected chi connectivity index (χ2v) is 6.10. The molecule has 2 heterocycles. The number of nitrogens with one attached hydrogen (secondary N) is 2. The van der Waals surface area contributed by atoms with Crippen LogP contribution in [0.25, 0.3) is 0 Å². The molecule has 0 saturated heterocycles. The van der Waals surface area contributed by atoms with Crippen molar-refractivity contribution in [1.29, 1.82) is 0 Å². The van der Waals surface area contributed by atoms with Crippen molar-refractivity contribution in [1.82, 2.24) is 15.6 Å². The topological polar surface area (TPSA) is 58.5 Å². The molecule has 2 aromatic rings. The first-order valence-corrected chi connectivity index (χ1v) is 8.10. The van der Waals surface area contributed by atoms with Gasteiger partial charge in [0.2, 0.25) is 5.88 Å². The number of rotatable bonds is 6. The highest BCUT2D eigenvalue weighted by Crippen LogP contribution is 2.14. The second kappa shape index (κ2) is 10.4. The summed E-state index contributed by atoms with van der Waals surface area (Å²) in [6.07, 6.45) is 0. The number of aromatic nitrogens is 1. The third-order valence-corrected chi connectivity index (χ3v) is 3.96. The molecule has 0 bridgehead atoms. The number of halogens is 1. The number of hydrogen-bond acceptors (Lipinski definition) is 4. The predicted octanol–water partition coefficient (Wildman–Crippen LogP) is 3.33. The van der Waals surface area contributed by atoms with Gasteiger partial charge < -0.3 is 15.4 Å². The molecule has 2 rings (SSSR count). The minimum Gasteiger partial charge on any atom is -0.481 e. The van der Waals surface area contributed by atoms with E-state index in [4.69, 9.17) is 4.74 Å². The highest BCUT2D eigenvalue weighted by Gasteiger charge is 2.01. The van der Waals surface area contributed by atoms with Gasteiger partial charge in [0.15, 0.2) is 5.96 Å². The zero-order valence-corrected chi connectivity index (χ0v) is 16.8. The minimum atomic E-state index is 0. The third kappa shape index (κ3) is 6.74. The number of methoxy groups -OCH3 is 1. The van der Waals surface area contributed by atoms with Crippen LogP contribution < -0.4 is 15.4 Å². The second-order valence-electron chi connectivity index (χ2n) is 4.73. The van der Waals surface area contributed by atoms with Crippen molar-refractivity contribution in [2.24, 2.45) is 4.99 Å². The van der Waals surface area contributed by atoms with Gasteiger partial charge in [-0.3, -0.25) is 0 Å². The quantitative estimate of drug-likeness (QED) is 0.406. The summed E-state index contributed by atoms with van der Waals surface area (Å²) in [6, 6.07) is 9.96. The summed E-state index contributed by atoms with van der Waals surface area (Å²) in [4.78, 5) is 11.5. The molecule has 23 heavy (non-hydrogen) atoms. The molecule has 0 atom stereocenters. The van der Waals surface area contributed by atoms with E-state index < -0.39 is 0 Å². The highest BCUT2D eigenvalue weighted by molar-refractivity contribution is 14.0. The van der Waals surface area contributed by atoms with E-state index in [1.165, 1.54) is 9.75 Å². The van der Waals surface area contributed by atoms with Crippen LogP contribution in [-0.4, -0.2) is 24.6 Å². The smallest absolute Gasteiger partial charge is 0.213 e. The number of nitrogens with zero attached hydrogens (tertiary/aromatic N) is 2. The number of thiophene rings is 1. The summed E-state index contributed by atoms with van der Waals surface area (Å²) in [6.45, 7) is 6.27. The number of aryl methyl sites for hydroxylation is 1. The van der Waals surface area contributed by atoms with E-state index in [1.807, 2.05) is 18.2 Å². The van der Waals surface area contributed by atoms with Crippen LogP contribution in [0, 0.1) is 6.92 Å². The molecule has 7 heteroatoms. The third-order valence-electron chi connectivity index (χ3n) is 2.96. The Balaban J connectivity index is 0.00000264. The summed E-state index contributed by atoms with van der Waals surface area (Å²) in [5.74, 6) is 1.40. The van der Waals surface area contributed by atoms with Gasteiger partial charge in [0.1, 0.15) is 0 Å². The van der Waals surface area contributed by atoms with Gasteiger partial charge in [-0.2, -0.15) is 0 Å². The van der Waals surface area contributed by atoms with Crippen LogP contribution in [-0.2, 0) is 13.1 Å². The first-order chi connectivity index (χ1) is 10.7. The molecule has 0 aliphatic carbocycles. The fourth-order valence-electron chi connectivity index (χ4n) is 1.91. The Kier molecular flexibility index (Phi) is 8.93. The average Bonchev–Trinajstić information content (AvgIpc) is 2.96. The first kappa shape index (κ1) is 19.7. The molecule has 0 aromatic carbocycles. The molecule has 2 N–H and O–H groups in total. The van der Waals surface area contributed by atoms with Crippen LogP contribution in [0.2, 0.25) is 0 Å². The van der Waals surface area contributed by atoms with Crippen molar-refractivity contribution >= 4 is 41.3 Å². The first-order valence-electron chi connectivity index (χ1n) is 7.28. The lowest BCUT2D eigenvalue weighted by atomic mass is 10.3. The zero-order valence-electron chi connectivity index (χ0n) is 13.6. The van der Waals surface area contributed by atoms with Gasteiger partial charge in [-0.15, -0.1) is 35.3 Å². The molecule has 126 valence electrons. The van der Waals surface area contributed by atoms with Crippen molar-refractivity contribution in [2.45, 2.75) is 26.9 Å². The lowest BCUT2D eigenvalue weighted by molar-refractivity contribution is 0.396. The van der Waals surface area contributed by atoms with Gasteiger partial charge >= 0.3 is 0 Å². The maximum absolute atomic E-state index is 5.13. The van der Waals surface area contributed by atoms with E-state index >= 15 is 0 Å². The summed E-state index contributed by atoms with van der Waals surface area (Å²) in [7, 11) is 1.62. The molecule has 0 saturated carbocycles. The van der Waals surface area contributed by atoms with Crippen molar-refractivity contribution in [2.75, 3.05) is 13.7 Å². The van der Waals surface area contributed by atoms with Gasteiger partial charge in [0.05, 0.1) is 25.9 Å². The Morgan fingerprint density at radius 3 is 2.74 bits per heavy atom. The maximum atomic E-state index is 5.13. The number of hydrogen-bond donors (Lipinski definition) is 2. The SMILES string of the molecule is CCNC(=NCc1cccc(OC)n1)NCc1ccc(C)s1.I. The van der Waals surface area contributed by atoms with Gasteiger partial charge in [0, 0.05) is 22.4 Å². The lowest BCUT2D eigenvalue weighted by Gasteiger charge is -2.10. The van der Waals surface area contributed by atoms with Crippen molar-refractivity contribution in [3.8, 4) is 5.88 Å². The van der Waals surface area contributed by atoms with Gasteiger partial charge in [-0.1, -0.05) is 6.07 Å². The van der Waals surface area contributed by atoms with E-state index in [0.29, 0.717) is 12.4 Å². The zero-order chi connectivity index (χ0) is 15.8. The van der Waals surface area contributed by atoms with Crippen LogP contribution in [0.3, 0.4) is 0 Å². The van der Waals surface area contributed by atoms with Crippen LogP contribution in [0.4, 0.5) is 0 Å². The molecule has 0 unspecified atom stereocenters. The number of guanidine groups is 1. The van der Waals surface area contributed by atoms with Crippen molar-refractivity contribution in [3.05, 3.63) is 45.8 Å². The summed E-state index contributed by atoms with van der Waals surface area (Å²) < 4.78 is 5.13. The molecule has 2 aromatic heterocycles. The fourth-order valence-corrected chi connectivity index (χ4v) is 2.74. The van der Waals surface area contributed by atoms with Crippen LogP contribution in [0.5, 0.6) is 5.88 Å². The van der Waals surface area contributed by atoms with Crippen LogP contribution in [0.15, 0.2) is 35.3 Å². The van der Waals surface area contributed by atoms with Gasteiger partial charge in [-0.05, 0) is 32.0 Å². The fraction of sp³-hybridized carbons (Fsp3) is 0.375. The number of ether oxygens (including phenoxy) is 1. The summed E-state index contributed by atoms with van der Waals surface area (Å²) in [5.41, 5.74) is 0.878. The summed E-state index contributed by atoms with van der Waals surface area (Å²) >= 11 is 1.79. The maximum Gasteiger partial charge on any atom is 0.213 e. The van der Waals surface area contributed by atoms with E-state index in [9.17, 15) is 0 Å². The molecular formula is C16H23IN4OS. The molecule has 0 aliphatic heterocycles. The Labute approximate surface area is 158 Å². The minimum absolute atomic E-state index is 0. The van der Waals surface area contributed by atoms with E-state index in [1.54, 1.807) is 18.4 Å². The van der Waals surface area contributed by atoms with Crippen molar-refractivity contribution in [3.63, 3.8) is 0 Å². The van der Waals surface area contributed by atoms with Crippen LogP contribution in [0.1, 0.15) is 22.4 Å². The van der Waals surface area contributed by atoms with E-state index in [-0.39, 0.29) is 24.0 Å². The largest absolute Gasteiger partial charge is 0.481 e. The van der Waals surface area contributed by atoms with Crippen molar-refractivity contribution < 1.29 is 4.74 Å². The predicted molar refractivity (Wildman–Crippen MR) is 107 cm³/mol. The normalized spacial score (nSPS) is 10.8. The molecule has 0 aliphatic rings. The lowest BCUT2D eigenvalue weighted by Crippen LogP contribution is -2.36. The standard InChI is InChI=1S/C16H22N4OS.HI/c1-4-17-16(19-11-14-9-8-12(2)22-14)18-10-13-6-5-7-15(20-13)21-3;/h5-9H,4,10-11H2,1-3H3,(H2,17,18,19);1H. The molecule has 0 radical (unpaired) electrons. The Morgan fingerprint density at radius 1 is 1.26 bits per heavy atom. The van der Waals surface area contributed by atoms with Crippen LogP contribution >= 0.6 is 35.3 Å². The Morgan fingerprint density at radius 2 is 2.09 bits per heavy atom.